The number of nitrogens with zero attached hydrogens (tertiary/aromatic N) is 4. The highest BCUT2D eigenvalue weighted by Crippen LogP contribution is 2.13. The van der Waals surface area contributed by atoms with Crippen molar-refractivity contribution in [3.63, 3.8) is 0 Å². The minimum atomic E-state index is 0.672. The molecule has 6 heteroatoms. The third-order valence-corrected chi connectivity index (χ3v) is 2.62. The quantitative estimate of drug-likeness (QED) is 0.720. The third kappa shape index (κ3) is 2.13. The first-order valence-electron chi connectivity index (χ1n) is 5.71. The van der Waals surface area contributed by atoms with Crippen LogP contribution >= 0.6 is 0 Å². The summed E-state index contributed by atoms with van der Waals surface area (Å²) in [4.78, 5) is 19.6. The highest BCUT2D eigenvalue weighted by atomic mass is 15.1. The highest BCUT2D eigenvalue weighted by Gasteiger charge is 2.04. The molecule has 3 heterocycles. The molecule has 18 heavy (non-hydrogen) atoms. The maximum Gasteiger partial charge on any atom is 0.182 e. The Morgan fingerprint density at radius 1 is 1.11 bits per heavy atom. The minimum Gasteiger partial charge on any atom is -0.368 e. The van der Waals surface area contributed by atoms with Gasteiger partial charge >= 0.3 is 0 Å². The molecule has 90 valence electrons. The number of H-pyrrole nitrogens is 1. The number of imidazole rings is 1. The van der Waals surface area contributed by atoms with E-state index in [0.29, 0.717) is 5.65 Å². The Morgan fingerprint density at radius 2 is 2.11 bits per heavy atom. The van der Waals surface area contributed by atoms with E-state index in [4.69, 9.17) is 0 Å². The van der Waals surface area contributed by atoms with Gasteiger partial charge in [-0.05, 0) is 12.1 Å². The summed E-state index contributed by atoms with van der Waals surface area (Å²) in [7, 11) is 0. The Morgan fingerprint density at radius 3 is 3.00 bits per heavy atom. The lowest BCUT2D eigenvalue weighted by Gasteiger charge is -2.05. The van der Waals surface area contributed by atoms with Crippen molar-refractivity contribution < 1.29 is 0 Å². The standard InChI is InChI=1S/C12H12N6/c1-2-5-13-9(3-1)4-6-14-11-10-12(16-7-15-10)18-8-17-11/h1-3,5,7-8H,4,6H2,(H2,14,15,16,17,18). The van der Waals surface area contributed by atoms with Crippen LogP contribution in [0, 0.1) is 0 Å². The molecule has 3 rings (SSSR count). The van der Waals surface area contributed by atoms with E-state index in [1.807, 2.05) is 18.2 Å². The lowest BCUT2D eigenvalue weighted by atomic mass is 10.3. The first-order valence-corrected chi connectivity index (χ1v) is 5.71. The fraction of sp³-hybridized carbons (Fsp3) is 0.167. The Labute approximate surface area is 104 Å². The molecule has 2 N–H and O–H groups in total. The number of rotatable bonds is 4. The molecule has 0 aliphatic heterocycles. The van der Waals surface area contributed by atoms with Gasteiger partial charge in [0.15, 0.2) is 11.5 Å². The number of anilines is 1. The summed E-state index contributed by atoms with van der Waals surface area (Å²) in [6.07, 6.45) is 5.77. The number of aromatic amines is 1. The van der Waals surface area contributed by atoms with Crippen molar-refractivity contribution in [3.8, 4) is 0 Å². The van der Waals surface area contributed by atoms with E-state index < -0.39 is 0 Å². The first-order chi connectivity index (χ1) is 8.93. The molecule has 6 nitrogen and oxygen atoms in total. The van der Waals surface area contributed by atoms with Gasteiger partial charge in [-0.15, -0.1) is 0 Å². The second kappa shape index (κ2) is 4.79. The molecule has 0 bridgehead atoms. The average molecular weight is 240 g/mol. The molecular formula is C12H12N6. The van der Waals surface area contributed by atoms with Crippen LogP contribution in [0.4, 0.5) is 5.82 Å². The second-order valence-electron chi connectivity index (χ2n) is 3.82. The molecular weight excluding hydrogens is 228 g/mol. The molecule has 0 aliphatic carbocycles. The first kappa shape index (κ1) is 10.6. The summed E-state index contributed by atoms with van der Waals surface area (Å²) in [6.45, 7) is 0.766. The van der Waals surface area contributed by atoms with Crippen LogP contribution in [0.5, 0.6) is 0 Å². The summed E-state index contributed by atoms with van der Waals surface area (Å²) in [5, 5.41) is 3.26. The van der Waals surface area contributed by atoms with Crippen molar-refractivity contribution in [2.75, 3.05) is 11.9 Å². The van der Waals surface area contributed by atoms with Crippen molar-refractivity contribution in [1.29, 1.82) is 0 Å². The lowest BCUT2D eigenvalue weighted by Crippen LogP contribution is -2.07. The molecule has 0 atom stereocenters. The van der Waals surface area contributed by atoms with Gasteiger partial charge in [0.2, 0.25) is 0 Å². The molecule has 3 aromatic heterocycles. The summed E-state index contributed by atoms with van der Waals surface area (Å²) in [5.74, 6) is 0.772. The fourth-order valence-electron chi connectivity index (χ4n) is 1.75. The molecule has 0 aromatic carbocycles. The number of fused-ring (bicyclic) bond motifs is 1. The van der Waals surface area contributed by atoms with Gasteiger partial charge in [-0.2, -0.15) is 0 Å². The van der Waals surface area contributed by atoms with Crippen molar-refractivity contribution in [3.05, 3.63) is 42.7 Å². The smallest absolute Gasteiger partial charge is 0.182 e. The highest BCUT2D eigenvalue weighted by molar-refractivity contribution is 5.81. The van der Waals surface area contributed by atoms with E-state index in [1.54, 1.807) is 12.5 Å². The maximum absolute atomic E-state index is 4.27. The summed E-state index contributed by atoms with van der Waals surface area (Å²) in [6, 6.07) is 5.91. The molecule has 0 saturated heterocycles. The molecule has 0 unspecified atom stereocenters. The van der Waals surface area contributed by atoms with E-state index in [9.17, 15) is 0 Å². The second-order valence-corrected chi connectivity index (χ2v) is 3.82. The molecule has 0 amide bonds. The monoisotopic (exact) mass is 240 g/mol. The van der Waals surface area contributed by atoms with Gasteiger partial charge in [0.05, 0.1) is 6.33 Å². The SMILES string of the molecule is c1ccc(CCNc2ncnc3nc[nH]c23)nc1. The zero-order chi connectivity index (χ0) is 12.2. The molecule has 0 radical (unpaired) electrons. The van der Waals surface area contributed by atoms with Gasteiger partial charge < -0.3 is 10.3 Å². The number of nitrogens with one attached hydrogen (secondary N) is 2. The van der Waals surface area contributed by atoms with Gasteiger partial charge in [-0.3, -0.25) is 4.98 Å². The van der Waals surface area contributed by atoms with E-state index in [0.717, 1.165) is 30.0 Å². The summed E-state index contributed by atoms with van der Waals surface area (Å²) < 4.78 is 0. The van der Waals surface area contributed by atoms with E-state index in [2.05, 4.69) is 30.2 Å². The van der Waals surface area contributed by atoms with Crippen LogP contribution in [0.15, 0.2) is 37.1 Å². The van der Waals surface area contributed by atoms with Crippen molar-refractivity contribution in [2.45, 2.75) is 6.42 Å². The number of aromatic nitrogens is 5. The van der Waals surface area contributed by atoms with Gasteiger partial charge in [-0.1, -0.05) is 6.07 Å². The zero-order valence-electron chi connectivity index (χ0n) is 9.67. The Kier molecular flexibility index (Phi) is 2.83. The van der Waals surface area contributed by atoms with Crippen molar-refractivity contribution >= 4 is 17.0 Å². The van der Waals surface area contributed by atoms with Crippen LogP contribution in [0.1, 0.15) is 5.69 Å². The Balaban J connectivity index is 1.68. The predicted octanol–water partition coefficient (Wildman–Crippen LogP) is 1.40. The van der Waals surface area contributed by atoms with E-state index in [-0.39, 0.29) is 0 Å². The molecule has 0 saturated carbocycles. The average Bonchev–Trinajstić information content (AvgIpc) is 2.89. The molecule has 0 aliphatic rings. The number of hydrogen-bond acceptors (Lipinski definition) is 5. The van der Waals surface area contributed by atoms with Crippen LogP contribution in [0.3, 0.4) is 0 Å². The molecule has 0 fully saturated rings. The van der Waals surface area contributed by atoms with Crippen molar-refractivity contribution in [1.82, 2.24) is 24.9 Å². The minimum absolute atomic E-state index is 0.672. The zero-order valence-corrected chi connectivity index (χ0v) is 9.67. The largest absolute Gasteiger partial charge is 0.368 e. The van der Waals surface area contributed by atoms with E-state index >= 15 is 0 Å². The number of hydrogen-bond donors (Lipinski definition) is 2. The Bertz CT molecular complexity index is 633. The normalized spacial score (nSPS) is 10.7. The summed E-state index contributed by atoms with van der Waals surface area (Å²) >= 11 is 0. The van der Waals surface area contributed by atoms with Crippen LogP contribution in [0.2, 0.25) is 0 Å². The van der Waals surface area contributed by atoms with Crippen LogP contribution < -0.4 is 5.32 Å². The summed E-state index contributed by atoms with van der Waals surface area (Å²) in [5.41, 5.74) is 2.56. The number of pyridine rings is 1. The van der Waals surface area contributed by atoms with Crippen LogP contribution in [-0.2, 0) is 6.42 Å². The van der Waals surface area contributed by atoms with Crippen LogP contribution in [0.25, 0.3) is 11.2 Å². The maximum atomic E-state index is 4.27. The van der Waals surface area contributed by atoms with Crippen LogP contribution in [-0.4, -0.2) is 31.5 Å². The Hall–Kier alpha value is -2.50. The predicted molar refractivity (Wildman–Crippen MR) is 68.1 cm³/mol. The van der Waals surface area contributed by atoms with Gasteiger partial charge in [-0.25, -0.2) is 15.0 Å². The lowest BCUT2D eigenvalue weighted by molar-refractivity contribution is 0.953. The fourth-order valence-corrected chi connectivity index (χ4v) is 1.75. The topological polar surface area (TPSA) is 79.4 Å². The van der Waals surface area contributed by atoms with Gasteiger partial charge in [0.25, 0.3) is 0 Å². The van der Waals surface area contributed by atoms with Crippen molar-refractivity contribution in [2.24, 2.45) is 0 Å². The van der Waals surface area contributed by atoms with Gasteiger partial charge in [0.1, 0.15) is 11.8 Å². The molecule has 3 aromatic rings. The third-order valence-electron chi connectivity index (χ3n) is 2.62. The van der Waals surface area contributed by atoms with E-state index in [1.165, 1.54) is 6.33 Å². The molecule has 0 spiro atoms. The van der Waals surface area contributed by atoms with Gasteiger partial charge in [0, 0.05) is 24.9 Å².